The van der Waals surface area contributed by atoms with E-state index < -0.39 is 17.8 Å². The Labute approximate surface area is 118 Å². The van der Waals surface area contributed by atoms with Crippen LogP contribution in [0.15, 0.2) is 35.0 Å². The van der Waals surface area contributed by atoms with E-state index in [2.05, 4.69) is 4.74 Å². The van der Waals surface area contributed by atoms with Gasteiger partial charge in [-0.05, 0) is 12.1 Å². The van der Waals surface area contributed by atoms with E-state index in [1.807, 2.05) is 0 Å². The second-order valence-electron chi connectivity index (χ2n) is 4.15. The van der Waals surface area contributed by atoms with E-state index in [4.69, 9.17) is 0 Å². The summed E-state index contributed by atoms with van der Waals surface area (Å²) >= 11 is 1.23. The predicted molar refractivity (Wildman–Crippen MR) is 73.2 cm³/mol. The zero-order chi connectivity index (χ0) is 14.3. The molecule has 1 aromatic heterocycles. The van der Waals surface area contributed by atoms with Crippen molar-refractivity contribution in [2.45, 2.75) is 0 Å². The van der Waals surface area contributed by atoms with Gasteiger partial charge in [0, 0.05) is 10.8 Å². The number of carbonyl (C=O) groups is 3. The lowest BCUT2D eigenvalue weighted by molar-refractivity contribution is 0.0602. The van der Waals surface area contributed by atoms with Crippen LogP contribution in [0.2, 0.25) is 0 Å². The minimum Gasteiger partial charge on any atom is -0.465 e. The van der Waals surface area contributed by atoms with Crippen LogP contribution in [0.5, 0.6) is 0 Å². The first-order chi connectivity index (χ1) is 9.65. The third-order valence-corrected chi connectivity index (χ3v) is 3.81. The quantitative estimate of drug-likeness (QED) is 0.628. The molecular formula is C14H9NO4S. The lowest BCUT2D eigenvalue weighted by atomic mass is 10.1. The van der Waals surface area contributed by atoms with E-state index in [1.54, 1.807) is 35.0 Å². The van der Waals surface area contributed by atoms with Gasteiger partial charge in [0.1, 0.15) is 0 Å². The highest BCUT2D eigenvalue weighted by Gasteiger charge is 2.38. The number of amides is 2. The molecule has 0 aliphatic carbocycles. The molecule has 100 valence electrons. The number of ether oxygens (including phenoxy) is 1. The molecule has 0 radical (unpaired) electrons. The first-order valence-corrected chi connectivity index (χ1v) is 6.71. The Morgan fingerprint density at radius 3 is 2.25 bits per heavy atom. The molecule has 2 heterocycles. The highest BCUT2D eigenvalue weighted by atomic mass is 32.1. The smallest absolute Gasteiger partial charge is 0.340 e. The molecule has 3 rings (SSSR count). The Morgan fingerprint density at radius 2 is 1.70 bits per heavy atom. The maximum absolute atomic E-state index is 12.3. The monoisotopic (exact) mass is 287 g/mol. The fraction of sp³-hybridized carbons (Fsp3) is 0.0714. The van der Waals surface area contributed by atoms with E-state index in [0.29, 0.717) is 11.1 Å². The molecule has 0 unspecified atom stereocenters. The molecule has 2 aromatic rings. The number of fused-ring (bicyclic) bond motifs is 1. The van der Waals surface area contributed by atoms with Crippen molar-refractivity contribution in [2.24, 2.45) is 0 Å². The Bertz CT molecular complexity index is 699. The second kappa shape index (κ2) is 4.57. The molecule has 5 nitrogen and oxygen atoms in total. The van der Waals surface area contributed by atoms with Crippen LogP contribution in [0, 0.1) is 0 Å². The maximum Gasteiger partial charge on any atom is 0.340 e. The van der Waals surface area contributed by atoms with Gasteiger partial charge in [-0.25, -0.2) is 9.69 Å². The number of carbonyl (C=O) groups excluding carboxylic acids is 3. The molecule has 0 saturated heterocycles. The van der Waals surface area contributed by atoms with Crippen LogP contribution in [0.3, 0.4) is 0 Å². The molecule has 2 amide bonds. The van der Waals surface area contributed by atoms with Crippen LogP contribution in [0.25, 0.3) is 0 Å². The second-order valence-corrected chi connectivity index (χ2v) is 4.90. The minimum atomic E-state index is -0.571. The van der Waals surface area contributed by atoms with E-state index in [1.165, 1.54) is 18.4 Å². The van der Waals surface area contributed by atoms with E-state index in [9.17, 15) is 14.4 Å². The van der Waals surface area contributed by atoms with Crippen LogP contribution >= 0.6 is 11.3 Å². The fourth-order valence-electron chi connectivity index (χ4n) is 2.13. The number of methoxy groups -OCH3 is 1. The molecule has 1 aliphatic rings. The normalized spacial score (nSPS) is 13.6. The first-order valence-electron chi connectivity index (χ1n) is 5.77. The number of hydrogen-bond donors (Lipinski definition) is 0. The van der Waals surface area contributed by atoms with Crippen LogP contribution in [0.1, 0.15) is 31.1 Å². The third-order valence-electron chi connectivity index (χ3n) is 3.08. The summed E-state index contributed by atoms with van der Waals surface area (Å²) in [5.74, 6) is -1.42. The number of thiophene rings is 1. The van der Waals surface area contributed by atoms with E-state index >= 15 is 0 Å². The van der Waals surface area contributed by atoms with Gasteiger partial charge in [-0.15, -0.1) is 11.3 Å². The van der Waals surface area contributed by atoms with Gasteiger partial charge in [0.15, 0.2) is 0 Å². The average molecular weight is 287 g/mol. The highest BCUT2D eigenvalue weighted by molar-refractivity contribution is 7.08. The van der Waals surface area contributed by atoms with Crippen molar-refractivity contribution in [3.63, 3.8) is 0 Å². The van der Waals surface area contributed by atoms with Gasteiger partial charge in [0.25, 0.3) is 11.8 Å². The molecule has 0 N–H and O–H groups in total. The van der Waals surface area contributed by atoms with Crippen LogP contribution < -0.4 is 4.90 Å². The van der Waals surface area contributed by atoms with Gasteiger partial charge in [0.05, 0.1) is 29.5 Å². The van der Waals surface area contributed by atoms with Crippen LogP contribution in [-0.2, 0) is 4.74 Å². The molecule has 0 saturated carbocycles. The van der Waals surface area contributed by atoms with Gasteiger partial charge >= 0.3 is 5.97 Å². The van der Waals surface area contributed by atoms with Crippen molar-refractivity contribution in [1.82, 2.24) is 0 Å². The highest BCUT2D eigenvalue weighted by Crippen LogP contribution is 2.33. The zero-order valence-corrected chi connectivity index (χ0v) is 11.3. The van der Waals surface area contributed by atoms with Crippen molar-refractivity contribution < 1.29 is 19.1 Å². The van der Waals surface area contributed by atoms with Gasteiger partial charge in [-0.2, -0.15) is 0 Å². The van der Waals surface area contributed by atoms with Gasteiger partial charge in [-0.3, -0.25) is 9.59 Å². The van der Waals surface area contributed by atoms with Crippen molar-refractivity contribution in [3.05, 3.63) is 51.7 Å². The van der Waals surface area contributed by atoms with Crippen LogP contribution in [0.4, 0.5) is 5.69 Å². The van der Waals surface area contributed by atoms with Gasteiger partial charge < -0.3 is 4.74 Å². The topological polar surface area (TPSA) is 63.7 Å². The summed E-state index contributed by atoms with van der Waals surface area (Å²) in [5.41, 5.74) is 1.18. The standard InChI is InChI=1S/C14H9NO4S/c1-19-14(18)10-6-20-7-11(10)15-12(16)8-4-2-3-5-9(8)13(15)17/h2-7H,1H3. The zero-order valence-electron chi connectivity index (χ0n) is 10.5. The molecule has 20 heavy (non-hydrogen) atoms. The van der Waals surface area contributed by atoms with Crippen molar-refractivity contribution >= 4 is 34.8 Å². The van der Waals surface area contributed by atoms with Crippen molar-refractivity contribution in [2.75, 3.05) is 12.0 Å². The number of hydrogen-bond acceptors (Lipinski definition) is 5. The molecule has 1 aliphatic heterocycles. The molecule has 0 fully saturated rings. The predicted octanol–water partition coefficient (Wildman–Crippen LogP) is 2.34. The summed E-state index contributed by atoms with van der Waals surface area (Å²) in [6.07, 6.45) is 0. The molecular weight excluding hydrogens is 278 g/mol. The summed E-state index contributed by atoms with van der Waals surface area (Å²) < 4.78 is 4.66. The van der Waals surface area contributed by atoms with Crippen LogP contribution in [-0.4, -0.2) is 24.9 Å². The summed E-state index contributed by atoms with van der Waals surface area (Å²) in [6, 6.07) is 6.59. The van der Waals surface area contributed by atoms with Crippen molar-refractivity contribution in [1.29, 1.82) is 0 Å². The maximum atomic E-state index is 12.3. The fourth-order valence-corrected chi connectivity index (χ4v) is 2.92. The van der Waals surface area contributed by atoms with E-state index in [0.717, 1.165) is 4.90 Å². The number of anilines is 1. The Morgan fingerprint density at radius 1 is 1.10 bits per heavy atom. The number of rotatable bonds is 2. The van der Waals surface area contributed by atoms with Gasteiger partial charge in [-0.1, -0.05) is 12.1 Å². The lowest BCUT2D eigenvalue weighted by Gasteiger charge is -2.13. The number of imide groups is 1. The average Bonchev–Trinajstić information content (AvgIpc) is 3.03. The molecule has 0 atom stereocenters. The number of nitrogens with zero attached hydrogens (tertiary/aromatic N) is 1. The minimum absolute atomic E-state index is 0.215. The third kappa shape index (κ3) is 1.65. The molecule has 0 spiro atoms. The summed E-state index contributed by atoms with van der Waals surface area (Å²) in [4.78, 5) is 37.3. The summed E-state index contributed by atoms with van der Waals surface area (Å²) in [5, 5.41) is 3.15. The SMILES string of the molecule is COC(=O)c1cscc1N1C(=O)c2ccccc2C1=O. The van der Waals surface area contributed by atoms with E-state index in [-0.39, 0.29) is 11.3 Å². The molecule has 6 heteroatoms. The largest absolute Gasteiger partial charge is 0.465 e. The summed E-state index contributed by atoms with van der Waals surface area (Å²) in [6.45, 7) is 0. The first kappa shape index (κ1) is 12.6. The number of esters is 1. The van der Waals surface area contributed by atoms with Crippen molar-refractivity contribution in [3.8, 4) is 0 Å². The summed E-state index contributed by atoms with van der Waals surface area (Å²) in [7, 11) is 1.26. The molecule has 1 aromatic carbocycles. The van der Waals surface area contributed by atoms with Gasteiger partial charge in [0.2, 0.25) is 0 Å². The Hall–Kier alpha value is -2.47. The Kier molecular flexibility index (Phi) is 2.87. The Balaban J connectivity index is 2.10. The molecule has 0 bridgehead atoms. The number of benzene rings is 1. The lowest BCUT2D eigenvalue weighted by Crippen LogP contribution is -2.30.